The van der Waals surface area contributed by atoms with Crippen molar-refractivity contribution in [2.24, 2.45) is 0 Å². The van der Waals surface area contributed by atoms with Gasteiger partial charge >= 0.3 is 0 Å². The maximum absolute atomic E-state index is 11.5. The molecular formula is C8H18N2O2. The smallest absolute Gasteiger partial charge is 0.242 e. The van der Waals surface area contributed by atoms with E-state index in [2.05, 4.69) is 0 Å². The van der Waals surface area contributed by atoms with Crippen LogP contribution in [-0.2, 0) is 4.79 Å². The Morgan fingerprint density at radius 3 is 2.17 bits per heavy atom. The van der Waals surface area contributed by atoms with Gasteiger partial charge in [-0.25, -0.2) is 0 Å². The summed E-state index contributed by atoms with van der Waals surface area (Å²) in [5.41, 5.74) is 0. The molecule has 1 atom stereocenters. The summed E-state index contributed by atoms with van der Waals surface area (Å²) in [4.78, 5) is 14.8. The van der Waals surface area contributed by atoms with Gasteiger partial charge < -0.3 is 10.0 Å². The number of rotatable bonds is 4. The molecule has 12 heavy (non-hydrogen) atoms. The highest BCUT2D eigenvalue weighted by atomic mass is 16.3. The SMILES string of the molecule is CCN(C)C(=O)[C@H](CO)N(C)C. The first kappa shape index (κ1) is 11.4. The van der Waals surface area contributed by atoms with Crippen LogP contribution in [0.15, 0.2) is 0 Å². The Kier molecular flexibility index (Phi) is 4.85. The minimum atomic E-state index is -0.407. The number of hydrogen-bond acceptors (Lipinski definition) is 3. The molecule has 4 nitrogen and oxygen atoms in total. The van der Waals surface area contributed by atoms with Crippen molar-refractivity contribution < 1.29 is 9.90 Å². The first-order chi connectivity index (χ1) is 5.54. The van der Waals surface area contributed by atoms with Crippen molar-refractivity contribution in [3.63, 3.8) is 0 Å². The van der Waals surface area contributed by atoms with E-state index < -0.39 is 6.04 Å². The summed E-state index contributed by atoms with van der Waals surface area (Å²) in [6, 6.07) is -0.407. The average Bonchev–Trinajstić information content (AvgIpc) is 2.03. The average molecular weight is 174 g/mol. The van der Waals surface area contributed by atoms with E-state index in [1.54, 1.807) is 30.9 Å². The standard InChI is InChI=1S/C8H18N2O2/c1-5-10(4)8(12)7(6-11)9(2)3/h7,11H,5-6H2,1-4H3/t7-/m0/s1. The van der Waals surface area contributed by atoms with E-state index in [1.165, 1.54) is 0 Å². The lowest BCUT2D eigenvalue weighted by Crippen LogP contribution is -2.46. The predicted octanol–water partition coefficient (Wildman–Crippen LogP) is -0.613. The minimum Gasteiger partial charge on any atom is -0.394 e. The molecule has 0 bridgehead atoms. The molecule has 0 rings (SSSR count). The molecule has 0 heterocycles. The lowest BCUT2D eigenvalue weighted by Gasteiger charge is -2.25. The Balaban J connectivity index is 4.21. The van der Waals surface area contributed by atoms with Crippen LogP contribution < -0.4 is 0 Å². The van der Waals surface area contributed by atoms with Crippen molar-refractivity contribution in [1.29, 1.82) is 0 Å². The van der Waals surface area contributed by atoms with Crippen molar-refractivity contribution in [2.75, 3.05) is 34.3 Å². The van der Waals surface area contributed by atoms with Crippen LogP contribution in [0.1, 0.15) is 6.92 Å². The molecule has 0 saturated carbocycles. The van der Waals surface area contributed by atoms with Gasteiger partial charge in [0.05, 0.1) is 6.61 Å². The molecule has 4 heteroatoms. The zero-order chi connectivity index (χ0) is 9.72. The number of hydrogen-bond donors (Lipinski definition) is 1. The summed E-state index contributed by atoms with van der Waals surface area (Å²) in [7, 11) is 5.29. The summed E-state index contributed by atoms with van der Waals surface area (Å²) in [5, 5.41) is 8.92. The normalized spacial score (nSPS) is 13.2. The molecule has 0 radical (unpaired) electrons. The first-order valence-corrected chi connectivity index (χ1v) is 4.06. The lowest BCUT2D eigenvalue weighted by atomic mass is 10.2. The topological polar surface area (TPSA) is 43.8 Å². The fraction of sp³-hybridized carbons (Fsp3) is 0.875. The van der Waals surface area contributed by atoms with E-state index in [0.717, 1.165) is 0 Å². The summed E-state index contributed by atoms with van der Waals surface area (Å²) >= 11 is 0. The number of carbonyl (C=O) groups is 1. The van der Waals surface area contributed by atoms with Gasteiger partial charge in [-0.05, 0) is 21.0 Å². The van der Waals surface area contributed by atoms with E-state index in [-0.39, 0.29) is 12.5 Å². The zero-order valence-electron chi connectivity index (χ0n) is 8.24. The highest BCUT2D eigenvalue weighted by molar-refractivity contribution is 5.81. The van der Waals surface area contributed by atoms with Crippen molar-refractivity contribution in [1.82, 2.24) is 9.80 Å². The molecule has 0 aromatic carbocycles. The van der Waals surface area contributed by atoms with Crippen molar-refractivity contribution in [3.05, 3.63) is 0 Å². The van der Waals surface area contributed by atoms with Crippen molar-refractivity contribution >= 4 is 5.91 Å². The molecule has 0 aliphatic heterocycles. The number of carbonyl (C=O) groups excluding carboxylic acids is 1. The van der Waals surface area contributed by atoms with Gasteiger partial charge in [0.15, 0.2) is 0 Å². The molecule has 1 N–H and O–H groups in total. The summed E-state index contributed by atoms with van der Waals surface area (Å²) in [6.07, 6.45) is 0. The highest BCUT2D eigenvalue weighted by Gasteiger charge is 2.21. The molecule has 0 spiro atoms. The third kappa shape index (κ3) is 2.79. The number of likely N-dealkylation sites (N-methyl/N-ethyl adjacent to an activating group) is 2. The zero-order valence-corrected chi connectivity index (χ0v) is 8.24. The van der Waals surface area contributed by atoms with Crippen LogP contribution >= 0.6 is 0 Å². The molecule has 0 unspecified atom stereocenters. The van der Waals surface area contributed by atoms with Gasteiger partial charge in [-0.1, -0.05) is 0 Å². The van der Waals surface area contributed by atoms with Gasteiger partial charge in [0.2, 0.25) is 5.91 Å². The predicted molar refractivity (Wildman–Crippen MR) is 47.9 cm³/mol. The maximum atomic E-state index is 11.5. The second-order valence-electron chi connectivity index (χ2n) is 3.01. The Labute approximate surface area is 73.8 Å². The summed E-state index contributed by atoms with van der Waals surface area (Å²) in [5.74, 6) is -0.0370. The molecule has 1 amide bonds. The van der Waals surface area contributed by atoms with Crippen LogP contribution in [0.2, 0.25) is 0 Å². The van der Waals surface area contributed by atoms with Gasteiger partial charge in [0.25, 0.3) is 0 Å². The van der Waals surface area contributed by atoms with Crippen molar-refractivity contribution in [2.45, 2.75) is 13.0 Å². The molecule has 0 aliphatic carbocycles. The molecule has 0 saturated heterocycles. The third-order valence-corrected chi connectivity index (χ3v) is 1.93. The summed E-state index contributed by atoms with van der Waals surface area (Å²) < 4.78 is 0. The second kappa shape index (κ2) is 5.11. The Morgan fingerprint density at radius 1 is 1.42 bits per heavy atom. The Morgan fingerprint density at radius 2 is 1.92 bits per heavy atom. The highest BCUT2D eigenvalue weighted by Crippen LogP contribution is 1.97. The van der Waals surface area contributed by atoms with Crippen LogP contribution in [-0.4, -0.2) is 61.2 Å². The Bertz CT molecular complexity index is 148. The van der Waals surface area contributed by atoms with Crippen LogP contribution in [0.5, 0.6) is 0 Å². The number of aliphatic hydroxyl groups is 1. The second-order valence-corrected chi connectivity index (χ2v) is 3.01. The maximum Gasteiger partial charge on any atom is 0.242 e. The van der Waals surface area contributed by atoms with Gasteiger partial charge in [0, 0.05) is 13.6 Å². The fourth-order valence-electron chi connectivity index (χ4n) is 0.873. The molecule has 72 valence electrons. The van der Waals surface area contributed by atoms with Crippen LogP contribution in [0.25, 0.3) is 0 Å². The molecule has 0 aromatic rings. The minimum absolute atomic E-state index is 0.0370. The van der Waals surface area contributed by atoms with E-state index in [4.69, 9.17) is 5.11 Å². The van der Waals surface area contributed by atoms with E-state index in [9.17, 15) is 4.79 Å². The van der Waals surface area contributed by atoms with Gasteiger partial charge in [-0.15, -0.1) is 0 Å². The first-order valence-electron chi connectivity index (χ1n) is 4.06. The van der Waals surface area contributed by atoms with Crippen LogP contribution in [0.3, 0.4) is 0 Å². The van der Waals surface area contributed by atoms with Crippen LogP contribution in [0, 0.1) is 0 Å². The van der Waals surface area contributed by atoms with Crippen molar-refractivity contribution in [3.8, 4) is 0 Å². The number of aliphatic hydroxyl groups excluding tert-OH is 1. The van der Waals surface area contributed by atoms with E-state index >= 15 is 0 Å². The monoisotopic (exact) mass is 174 g/mol. The van der Waals surface area contributed by atoms with Crippen LogP contribution in [0.4, 0.5) is 0 Å². The molecule has 0 fully saturated rings. The third-order valence-electron chi connectivity index (χ3n) is 1.93. The van der Waals surface area contributed by atoms with Gasteiger partial charge in [-0.3, -0.25) is 9.69 Å². The fourth-order valence-corrected chi connectivity index (χ4v) is 0.873. The van der Waals surface area contributed by atoms with E-state index in [0.29, 0.717) is 6.54 Å². The lowest BCUT2D eigenvalue weighted by molar-refractivity contribution is -0.135. The number of amides is 1. The Hall–Kier alpha value is -0.610. The largest absolute Gasteiger partial charge is 0.394 e. The molecular weight excluding hydrogens is 156 g/mol. The molecule has 0 aromatic heterocycles. The quantitative estimate of drug-likeness (QED) is 0.618. The van der Waals surface area contributed by atoms with Gasteiger partial charge in [0.1, 0.15) is 6.04 Å². The van der Waals surface area contributed by atoms with E-state index in [1.807, 2.05) is 6.92 Å². The van der Waals surface area contributed by atoms with Gasteiger partial charge in [-0.2, -0.15) is 0 Å². The molecule has 0 aliphatic rings. The summed E-state index contributed by atoms with van der Waals surface area (Å²) in [6.45, 7) is 2.45. The number of nitrogens with zero attached hydrogens (tertiary/aromatic N) is 2.